The van der Waals surface area contributed by atoms with Gasteiger partial charge in [-0.3, -0.25) is 19.1 Å². The number of aryl methyl sites for hydroxylation is 1. The van der Waals surface area contributed by atoms with Gasteiger partial charge in [0.1, 0.15) is 24.2 Å². The predicted molar refractivity (Wildman–Crippen MR) is 308 cm³/mol. The minimum atomic E-state index is -4.59. The average molecular weight is 1210 g/mol. The first-order chi connectivity index (χ1) is 38.9. The summed E-state index contributed by atoms with van der Waals surface area (Å²) in [5.74, 6) is -4.52. The number of hydrogen-bond acceptors (Lipinski definition) is 11. The van der Waals surface area contributed by atoms with Crippen LogP contribution in [0.4, 0.5) is 39.0 Å². The van der Waals surface area contributed by atoms with Gasteiger partial charge in [0.2, 0.25) is 0 Å². The van der Waals surface area contributed by atoms with E-state index in [4.69, 9.17) is 42.6 Å². The van der Waals surface area contributed by atoms with E-state index in [1.54, 1.807) is 39.8 Å². The van der Waals surface area contributed by atoms with Crippen molar-refractivity contribution in [3.8, 4) is 28.7 Å². The molecule has 0 radical (unpaired) electrons. The normalized spacial score (nSPS) is 13.3. The first-order valence-corrected chi connectivity index (χ1v) is 27.5. The monoisotopic (exact) mass is 1210 g/mol. The molecule has 2 amide bonds. The Kier molecular flexibility index (Phi) is 21.6. The standard InChI is InChI=1S/C30H31FN2O7S.C27H24Cl2F4N2O3.C2H4.CH2O/c1-17-12-19(18-4-5-18)7-9-27(17)41(38,39)33-23-13-20(29(37)32-30(2)10-3-11-30)6-8-25(23)40-26-16-22(31)21(14-24(26)34)15-28(35)36;1-14(36)9-16-10-19(29)24(13-20(16)30)38-23-8-5-15(25(37)35-26(2,3)4)11-22(23)34-21-7-6-17(12-18(21)28)27(31,32)33;2*1-2/h6-9,12-14,16,18,33-34H,3-5,10-11,15H2,1-2H3,(H,32,37)(H,35,36);5-8,10-13,34,36H,1,9H2,2-4H3,(H,35,37);1-2H2;1H2. The number of aromatic hydroxyl groups is 1. The highest BCUT2D eigenvalue weighted by Gasteiger charge is 2.34. The molecule has 8 rings (SSSR count). The summed E-state index contributed by atoms with van der Waals surface area (Å²) in [4.78, 5) is 44.8. The Bertz CT molecular complexity index is 3530. The zero-order valence-electron chi connectivity index (χ0n) is 45.8. The van der Waals surface area contributed by atoms with Crippen LogP contribution in [0.5, 0.6) is 28.7 Å². The van der Waals surface area contributed by atoms with Gasteiger partial charge >= 0.3 is 12.1 Å². The molecule has 0 aromatic heterocycles. The Morgan fingerprint density at radius 2 is 1.29 bits per heavy atom. The number of phenols is 1. The van der Waals surface area contributed by atoms with Crippen LogP contribution in [0.25, 0.3) is 0 Å². The van der Waals surface area contributed by atoms with Crippen LogP contribution < -0.4 is 30.1 Å². The summed E-state index contributed by atoms with van der Waals surface area (Å²) in [6, 6.07) is 20.4. The summed E-state index contributed by atoms with van der Waals surface area (Å²) in [5.41, 5.74) is 0.224. The second-order valence-electron chi connectivity index (χ2n) is 20.5. The second kappa shape index (κ2) is 27.3. The average Bonchev–Trinajstić information content (AvgIpc) is 4.44. The lowest BCUT2D eigenvalue weighted by atomic mass is 9.78. The van der Waals surface area contributed by atoms with Crippen molar-refractivity contribution in [3.63, 3.8) is 0 Å². The molecule has 23 heteroatoms. The highest BCUT2D eigenvalue weighted by atomic mass is 35.5. The fraction of sp³-hybridized carbons (Fsp3) is 0.267. The second-order valence-corrected chi connectivity index (χ2v) is 23.0. The summed E-state index contributed by atoms with van der Waals surface area (Å²) in [6.07, 6.45) is -0.576. The van der Waals surface area contributed by atoms with Crippen molar-refractivity contribution < 1.29 is 74.3 Å². The fourth-order valence-electron chi connectivity index (χ4n) is 8.28. The van der Waals surface area contributed by atoms with Gasteiger partial charge in [0.25, 0.3) is 21.8 Å². The lowest BCUT2D eigenvalue weighted by molar-refractivity contribution is -0.138. The number of rotatable bonds is 17. The minimum Gasteiger partial charge on any atom is -0.513 e. The molecule has 0 bridgehead atoms. The molecule has 2 aliphatic carbocycles. The summed E-state index contributed by atoms with van der Waals surface area (Å²) in [6.45, 7) is 20.4. The van der Waals surface area contributed by atoms with E-state index in [1.807, 2.05) is 19.8 Å². The molecule has 2 fully saturated rings. The van der Waals surface area contributed by atoms with Gasteiger partial charge in [-0.2, -0.15) is 13.2 Å². The van der Waals surface area contributed by atoms with Crippen molar-refractivity contribution in [1.82, 2.24) is 10.6 Å². The number of carboxylic acids is 1. The topological polar surface area (TPSA) is 230 Å². The number of hydrogen-bond donors (Lipinski definition) is 7. The summed E-state index contributed by atoms with van der Waals surface area (Å²) in [5, 5.41) is 37.2. The Morgan fingerprint density at radius 1 is 0.723 bits per heavy atom. The maximum atomic E-state index is 14.6. The number of carboxylic acid groups (broad SMARTS) is 1. The zero-order valence-corrected chi connectivity index (χ0v) is 48.1. The molecular weight excluding hydrogens is 1150 g/mol. The van der Waals surface area contributed by atoms with Crippen molar-refractivity contribution >= 4 is 74.9 Å². The number of aliphatic hydroxyl groups excluding tert-OH is 1. The quantitative estimate of drug-likeness (QED) is 0.0257. The summed E-state index contributed by atoms with van der Waals surface area (Å²) in [7, 11) is -4.15. The van der Waals surface area contributed by atoms with E-state index in [0.29, 0.717) is 11.5 Å². The molecule has 0 saturated heterocycles. The van der Waals surface area contributed by atoms with E-state index in [1.165, 1.54) is 42.5 Å². The van der Waals surface area contributed by atoms with Crippen molar-refractivity contribution in [3.05, 3.63) is 183 Å². The molecule has 0 heterocycles. The van der Waals surface area contributed by atoms with Crippen molar-refractivity contribution in [2.75, 3.05) is 10.0 Å². The third-order valence-electron chi connectivity index (χ3n) is 12.6. The zero-order chi connectivity index (χ0) is 61.9. The highest BCUT2D eigenvalue weighted by molar-refractivity contribution is 7.92. The summed E-state index contributed by atoms with van der Waals surface area (Å²) < 4.78 is 109. The summed E-state index contributed by atoms with van der Waals surface area (Å²) >= 11 is 12.4. The van der Waals surface area contributed by atoms with Crippen molar-refractivity contribution in [2.24, 2.45) is 0 Å². The Hall–Kier alpha value is -8.14. The van der Waals surface area contributed by atoms with E-state index in [9.17, 15) is 55.0 Å². The van der Waals surface area contributed by atoms with Crippen LogP contribution in [0.2, 0.25) is 10.0 Å². The molecule has 0 aliphatic heterocycles. The number of amides is 2. The van der Waals surface area contributed by atoms with Crippen LogP contribution in [-0.2, 0) is 38.6 Å². The van der Waals surface area contributed by atoms with Crippen LogP contribution in [0.15, 0.2) is 127 Å². The molecule has 442 valence electrons. The lowest BCUT2D eigenvalue weighted by Crippen LogP contribution is -2.50. The number of ether oxygens (including phenoxy) is 2. The molecule has 6 aromatic carbocycles. The first-order valence-electron chi connectivity index (χ1n) is 25.3. The molecular formula is C60H61Cl2F5N4O11S. The fourth-order valence-corrected chi connectivity index (χ4v) is 10.0. The maximum absolute atomic E-state index is 14.6. The van der Waals surface area contributed by atoms with Crippen LogP contribution in [-0.4, -0.2) is 59.4 Å². The Morgan fingerprint density at radius 3 is 1.82 bits per heavy atom. The third kappa shape index (κ3) is 17.9. The number of benzene rings is 6. The van der Waals surface area contributed by atoms with E-state index in [2.05, 4.69) is 40.4 Å². The number of carbonyl (C=O) groups is 4. The number of carbonyl (C=O) groups excluding carboxylic acids is 3. The van der Waals surface area contributed by atoms with Gasteiger partial charge in [0, 0.05) is 46.3 Å². The van der Waals surface area contributed by atoms with E-state index >= 15 is 0 Å². The van der Waals surface area contributed by atoms with Gasteiger partial charge in [-0.15, -0.1) is 13.2 Å². The number of anilines is 3. The number of alkyl halides is 3. The van der Waals surface area contributed by atoms with Gasteiger partial charge in [-0.05, 0) is 162 Å². The minimum absolute atomic E-state index is 0.0238. The van der Waals surface area contributed by atoms with E-state index < -0.39 is 68.9 Å². The number of sulfonamides is 1. The van der Waals surface area contributed by atoms with E-state index in [-0.39, 0.29) is 95.0 Å². The number of aliphatic hydroxyl groups is 1. The highest BCUT2D eigenvalue weighted by Crippen LogP contribution is 2.43. The molecule has 7 N–H and O–H groups in total. The largest absolute Gasteiger partial charge is 0.513 e. The number of halogens is 7. The maximum Gasteiger partial charge on any atom is 0.416 e. The molecule has 0 unspecified atom stereocenters. The van der Waals surface area contributed by atoms with Gasteiger partial charge in [0.15, 0.2) is 23.0 Å². The van der Waals surface area contributed by atoms with Gasteiger partial charge in [-0.1, -0.05) is 41.9 Å². The Labute approximate surface area is 487 Å². The smallest absolute Gasteiger partial charge is 0.416 e. The SMILES string of the molecule is C=C.C=C(O)Cc1cc(Cl)c(Oc2ccc(C(=O)NC(C)(C)C)cc2Nc2ccc(C(F)(F)F)cc2Cl)cc1F.C=O.Cc1cc(C2CC2)ccc1S(=O)(=O)Nc1cc(C(=O)NC2(C)CCC2)ccc1Oc1cc(F)c(CC(=O)O)cc1O. The van der Waals surface area contributed by atoms with Gasteiger partial charge < -0.3 is 45.5 Å². The van der Waals surface area contributed by atoms with Gasteiger partial charge in [0.05, 0.1) is 49.7 Å². The molecule has 0 spiro atoms. The number of phenolic OH excluding ortho intramolecular Hbond substituents is 1. The Balaban J connectivity index is 0.000000288. The lowest BCUT2D eigenvalue weighted by Gasteiger charge is -2.39. The molecule has 83 heavy (non-hydrogen) atoms. The number of aliphatic carboxylic acids is 1. The molecule has 6 aromatic rings. The number of allylic oxidation sites excluding steroid dienone is 1. The van der Waals surface area contributed by atoms with Crippen molar-refractivity contribution in [1.29, 1.82) is 0 Å². The van der Waals surface area contributed by atoms with E-state index in [0.717, 1.165) is 74.1 Å². The van der Waals surface area contributed by atoms with Gasteiger partial charge in [-0.25, -0.2) is 17.2 Å². The van der Waals surface area contributed by atoms with Crippen LogP contribution in [0.3, 0.4) is 0 Å². The van der Waals surface area contributed by atoms with Crippen LogP contribution >= 0.6 is 23.2 Å². The molecule has 2 saturated carbocycles. The predicted octanol–water partition coefficient (Wildman–Crippen LogP) is 15.1. The molecule has 2 aliphatic rings. The van der Waals surface area contributed by atoms with Crippen molar-refractivity contribution in [2.45, 2.75) is 108 Å². The third-order valence-corrected chi connectivity index (χ3v) is 14.7. The first kappa shape index (κ1) is 65.7. The molecule has 15 nitrogen and oxygen atoms in total. The molecule has 0 atom stereocenters. The van der Waals surface area contributed by atoms with Crippen LogP contribution in [0.1, 0.15) is 114 Å². The van der Waals surface area contributed by atoms with Crippen LogP contribution in [0, 0.1) is 18.6 Å². The number of nitrogens with one attached hydrogen (secondary N) is 4.